The zero-order chi connectivity index (χ0) is 15.6. The second kappa shape index (κ2) is 6.47. The first-order valence-electron chi connectivity index (χ1n) is 7.43. The van der Waals surface area contributed by atoms with E-state index in [-0.39, 0.29) is 17.0 Å². The first-order valence-corrected chi connectivity index (χ1v) is 9.96. The first kappa shape index (κ1) is 15.6. The van der Waals surface area contributed by atoms with Crippen LogP contribution in [0.25, 0.3) is 10.7 Å². The van der Waals surface area contributed by atoms with E-state index in [9.17, 15) is 8.42 Å². The third-order valence-corrected chi connectivity index (χ3v) is 6.27. The summed E-state index contributed by atoms with van der Waals surface area (Å²) >= 11 is 1.52. The van der Waals surface area contributed by atoms with Gasteiger partial charge in [0, 0.05) is 13.2 Å². The predicted molar refractivity (Wildman–Crippen MR) is 84.7 cm³/mol. The van der Waals surface area contributed by atoms with Crippen molar-refractivity contribution in [2.24, 2.45) is 0 Å². The molecule has 1 aliphatic rings. The number of sulfone groups is 1. The van der Waals surface area contributed by atoms with Gasteiger partial charge in [-0.3, -0.25) is 4.57 Å². The van der Waals surface area contributed by atoms with E-state index in [2.05, 4.69) is 10.2 Å². The van der Waals surface area contributed by atoms with E-state index in [0.717, 1.165) is 24.1 Å². The number of nitrogens with zero attached hydrogens (tertiary/aromatic N) is 3. The van der Waals surface area contributed by atoms with Crippen LogP contribution in [0.15, 0.2) is 22.7 Å². The van der Waals surface area contributed by atoms with Gasteiger partial charge in [0.25, 0.3) is 0 Å². The maximum Gasteiger partial charge on any atom is 0.250 e. The summed E-state index contributed by atoms with van der Waals surface area (Å²) in [6, 6.07) is 3.83. The fourth-order valence-corrected chi connectivity index (χ4v) is 4.99. The molecule has 1 unspecified atom stereocenters. The lowest BCUT2D eigenvalue weighted by Crippen LogP contribution is -2.29. The Kier molecular flexibility index (Phi) is 4.60. The minimum absolute atomic E-state index is 0.0183. The maximum absolute atomic E-state index is 12.7. The summed E-state index contributed by atoms with van der Waals surface area (Å²) in [6.07, 6.45) is 2.58. The summed E-state index contributed by atoms with van der Waals surface area (Å²) in [4.78, 5) is 0.921. The highest BCUT2D eigenvalue weighted by molar-refractivity contribution is 7.91. The van der Waals surface area contributed by atoms with Crippen LogP contribution in [0.1, 0.15) is 26.2 Å². The number of thiophene rings is 1. The molecule has 22 heavy (non-hydrogen) atoms. The molecule has 3 rings (SSSR count). The van der Waals surface area contributed by atoms with Gasteiger partial charge in [0.15, 0.2) is 5.82 Å². The molecule has 2 aromatic rings. The first-order chi connectivity index (χ1) is 10.6. The second-order valence-electron chi connectivity index (χ2n) is 5.30. The highest BCUT2D eigenvalue weighted by atomic mass is 32.2. The zero-order valence-corrected chi connectivity index (χ0v) is 14.1. The molecule has 0 N–H and O–H groups in total. The lowest BCUT2D eigenvalue weighted by Gasteiger charge is -2.22. The van der Waals surface area contributed by atoms with Gasteiger partial charge in [0.2, 0.25) is 15.0 Å². The van der Waals surface area contributed by atoms with Gasteiger partial charge in [-0.15, -0.1) is 21.5 Å². The Morgan fingerprint density at radius 2 is 2.27 bits per heavy atom. The van der Waals surface area contributed by atoms with E-state index in [1.165, 1.54) is 11.3 Å². The monoisotopic (exact) mass is 341 g/mol. The molecule has 3 heterocycles. The van der Waals surface area contributed by atoms with Crippen molar-refractivity contribution in [2.45, 2.75) is 44.0 Å². The third kappa shape index (κ3) is 3.09. The summed E-state index contributed by atoms with van der Waals surface area (Å²) in [6.45, 7) is 3.05. The van der Waals surface area contributed by atoms with Crippen molar-refractivity contribution in [1.82, 2.24) is 14.8 Å². The molecule has 0 aromatic carbocycles. The molecule has 0 radical (unpaired) electrons. The number of ether oxygens (including phenoxy) is 1. The van der Waals surface area contributed by atoms with Crippen LogP contribution >= 0.6 is 11.3 Å². The quantitative estimate of drug-likeness (QED) is 0.835. The molecule has 1 atom stereocenters. The molecule has 1 saturated heterocycles. The molecule has 6 nitrogen and oxygen atoms in total. The highest BCUT2D eigenvalue weighted by Gasteiger charge is 2.29. The van der Waals surface area contributed by atoms with Gasteiger partial charge < -0.3 is 4.74 Å². The zero-order valence-electron chi connectivity index (χ0n) is 12.4. The van der Waals surface area contributed by atoms with Crippen molar-refractivity contribution in [3.63, 3.8) is 0 Å². The molecule has 0 saturated carbocycles. The van der Waals surface area contributed by atoms with Crippen LogP contribution in [0.5, 0.6) is 0 Å². The normalized spacial score (nSPS) is 19.4. The van der Waals surface area contributed by atoms with E-state index in [0.29, 0.717) is 19.0 Å². The van der Waals surface area contributed by atoms with Crippen LogP contribution in [0.3, 0.4) is 0 Å². The van der Waals surface area contributed by atoms with Crippen molar-refractivity contribution in [3.8, 4) is 10.7 Å². The second-order valence-corrected chi connectivity index (χ2v) is 8.17. The lowest BCUT2D eigenvalue weighted by atomic mass is 10.1. The summed E-state index contributed by atoms with van der Waals surface area (Å²) in [5.74, 6) is 0.593. The number of aromatic nitrogens is 3. The van der Waals surface area contributed by atoms with Crippen molar-refractivity contribution in [2.75, 3.05) is 12.4 Å². The van der Waals surface area contributed by atoms with Crippen LogP contribution in [-0.4, -0.2) is 41.6 Å². The Morgan fingerprint density at radius 1 is 1.41 bits per heavy atom. The number of hydrogen-bond donors (Lipinski definition) is 0. The van der Waals surface area contributed by atoms with E-state index in [4.69, 9.17) is 4.74 Å². The minimum Gasteiger partial charge on any atom is -0.377 e. The molecule has 0 aliphatic carbocycles. The van der Waals surface area contributed by atoms with Gasteiger partial charge in [-0.2, -0.15) is 0 Å². The van der Waals surface area contributed by atoms with Crippen molar-refractivity contribution in [3.05, 3.63) is 17.5 Å². The molecular weight excluding hydrogens is 322 g/mol. The Bertz CT molecular complexity index is 717. The van der Waals surface area contributed by atoms with Crippen LogP contribution < -0.4 is 0 Å². The molecular formula is C14H19N3O3S2. The molecule has 1 fully saturated rings. The van der Waals surface area contributed by atoms with Crippen LogP contribution in [0, 0.1) is 0 Å². The molecule has 8 heteroatoms. The Morgan fingerprint density at radius 3 is 2.91 bits per heavy atom. The fourth-order valence-electron chi connectivity index (χ4n) is 2.65. The van der Waals surface area contributed by atoms with Gasteiger partial charge in [-0.25, -0.2) is 8.42 Å². The largest absolute Gasteiger partial charge is 0.377 e. The Balaban J connectivity index is 1.90. The summed E-state index contributed by atoms with van der Waals surface area (Å²) in [5, 5.41) is 10.0. The molecule has 2 aromatic heterocycles. The van der Waals surface area contributed by atoms with Gasteiger partial charge in [0.1, 0.15) is 0 Å². The van der Waals surface area contributed by atoms with E-state index >= 15 is 0 Å². The average Bonchev–Trinajstić information content (AvgIpc) is 3.16. The Labute approximate surface area is 134 Å². The van der Waals surface area contributed by atoms with Crippen molar-refractivity contribution >= 4 is 21.2 Å². The van der Waals surface area contributed by atoms with Crippen LogP contribution in [0.2, 0.25) is 0 Å². The molecule has 120 valence electrons. The summed E-state index contributed by atoms with van der Waals surface area (Å²) in [7, 11) is -3.50. The van der Waals surface area contributed by atoms with Gasteiger partial charge in [-0.05, 0) is 37.6 Å². The standard InChI is InChI=1S/C14H19N3O3S2/c1-2-17-13(12-7-5-9-21-12)15-16-14(17)22(18,19)10-11-6-3-4-8-20-11/h5,7,9,11H,2-4,6,8,10H2,1H3. The fraction of sp³-hybridized carbons (Fsp3) is 0.571. The molecule has 1 aliphatic heterocycles. The smallest absolute Gasteiger partial charge is 0.250 e. The summed E-state index contributed by atoms with van der Waals surface area (Å²) < 4.78 is 32.6. The van der Waals surface area contributed by atoms with E-state index < -0.39 is 9.84 Å². The molecule has 0 spiro atoms. The SMILES string of the molecule is CCn1c(-c2cccs2)nnc1S(=O)(=O)CC1CCCCO1. The van der Waals surface area contributed by atoms with Gasteiger partial charge >= 0.3 is 0 Å². The van der Waals surface area contributed by atoms with Gasteiger partial charge in [-0.1, -0.05) is 6.07 Å². The lowest BCUT2D eigenvalue weighted by molar-refractivity contribution is 0.0304. The van der Waals surface area contributed by atoms with Crippen molar-refractivity contribution in [1.29, 1.82) is 0 Å². The number of rotatable bonds is 5. The van der Waals surface area contributed by atoms with E-state index in [1.54, 1.807) is 4.57 Å². The van der Waals surface area contributed by atoms with Gasteiger partial charge in [0.05, 0.1) is 16.7 Å². The van der Waals surface area contributed by atoms with Crippen molar-refractivity contribution < 1.29 is 13.2 Å². The maximum atomic E-state index is 12.7. The van der Waals surface area contributed by atoms with Crippen LogP contribution in [-0.2, 0) is 21.1 Å². The van der Waals surface area contributed by atoms with Crippen LogP contribution in [0.4, 0.5) is 0 Å². The average molecular weight is 341 g/mol. The van der Waals surface area contributed by atoms with E-state index in [1.807, 2.05) is 24.4 Å². The topological polar surface area (TPSA) is 74.1 Å². The number of hydrogen-bond acceptors (Lipinski definition) is 6. The molecule has 0 bridgehead atoms. The Hall–Kier alpha value is -1.25. The molecule has 0 amide bonds. The third-order valence-electron chi connectivity index (χ3n) is 3.73. The highest BCUT2D eigenvalue weighted by Crippen LogP contribution is 2.26. The predicted octanol–water partition coefficient (Wildman–Crippen LogP) is 2.37. The minimum atomic E-state index is -3.50. The summed E-state index contributed by atoms with van der Waals surface area (Å²) in [5.41, 5.74) is 0.